The summed E-state index contributed by atoms with van der Waals surface area (Å²) in [4.78, 5) is 24.2. The molecule has 262 valence electrons. The van der Waals surface area contributed by atoms with Crippen molar-refractivity contribution in [1.29, 1.82) is 0 Å². The summed E-state index contributed by atoms with van der Waals surface area (Å²) in [6.07, 6.45) is 43.4. The van der Waals surface area contributed by atoms with Crippen LogP contribution in [0.3, 0.4) is 0 Å². The van der Waals surface area contributed by atoms with Crippen LogP contribution in [0.25, 0.3) is 0 Å². The highest BCUT2D eigenvalue weighted by Gasteiger charge is 2.16. The highest BCUT2D eigenvalue weighted by atomic mass is 16.6. The number of aliphatic hydroxyl groups is 1. The van der Waals surface area contributed by atoms with Crippen molar-refractivity contribution in [3.05, 3.63) is 36.5 Å². The van der Waals surface area contributed by atoms with E-state index in [1.807, 2.05) is 0 Å². The Morgan fingerprint density at radius 2 is 0.911 bits per heavy atom. The average Bonchev–Trinajstić information content (AvgIpc) is 3.04. The molecule has 0 aliphatic carbocycles. The fourth-order valence-corrected chi connectivity index (χ4v) is 5.21. The standard InChI is InChI=1S/C40H72O5/c1-3-5-7-9-11-13-15-17-19-20-21-23-25-27-29-31-33-35-40(43)45-38(36-41)37-44-39(42)34-32-30-28-26-24-22-18-16-14-12-10-8-6-4-2/h10,12,16-19,38,41H,3-9,11,13-15,20-37H2,1-2H3/b12-10+,18-16+,19-17+/t38-/m0/s1. The van der Waals surface area contributed by atoms with Crippen molar-refractivity contribution in [1.82, 2.24) is 0 Å². The minimum absolute atomic E-state index is 0.0740. The van der Waals surface area contributed by atoms with Gasteiger partial charge in [-0.2, -0.15) is 0 Å². The maximum absolute atomic E-state index is 12.1. The Kier molecular flexibility index (Phi) is 35.1. The number of esters is 2. The smallest absolute Gasteiger partial charge is 0.306 e. The van der Waals surface area contributed by atoms with Crippen molar-refractivity contribution < 1.29 is 24.2 Å². The molecule has 1 atom stereocenters. The third-order valence-electron chi connectivity index (χ3n) is 8.16. The Morgan fingerprint density at radius 3 is 1.40 bits per heavy atom. The van der Waals surface area contributed by atoms with Gasteiger partial charge in [0.15, 0.2) is 6.10 Å². The molecular weight excluding hydrogens is 560 g/mol. The highest BCUT2D eigenvalue weighted by Crippen LogP contribution is 2.13. The van der Waals surface area contributed by atoms with Crippen LogP contribution in [0.5, 0.6) is 0 Å². The van der Waals surface area contributed by atoms with Crippen LogP contribution in [0.15, 0.2) is 36.5 Å². The van der Waals surface area contributed by atoms with Gasteiger partial charge in [0.1, 0.15) is 6.61 Å². The molecule has 0 saturated carbocycles. The van der Waals surface area contributed by atoms with Crippen molar-refractivity contribution in [3.8, 4) is 0 Å². The van der Waals surface area contributed by atoms with Crippen LogP contribution in [0, 0.1) is 0 Å². The fraction of sp³-hybridized carbons (Fsp3) is 0.800. The summed E-state index contributed by atoms with van der Waals surface area (Å²) in [7, 11) is 0. The van der Waals surface area contributed by atoms with Crippen LogP contribution >= 0.6 is 0 Å². The van der Waals surface area contributed by atoms with Gasteiger partial charge in [0.25, 0.3) is 0 Å². The minimum atomic E-state index is -0.777. The molecular formula is C40H72O5. The van der Waals surface area contributed by atoms with Crippen LogP contribution in [-0.4, -0.2) is 36.4 Å². The summed E-state index contributed by atoms with van der Waals surface area (Å²) < 4.78 is 10.6. The topological polar surface area (TPSA) is 72.8 Å². The highest BCUT2D eigenvalue weighted by molar-refractivity contribution is 5.70. The molecule has 5 heteroatoms. The van der Waals surface area contributed by atoms with Crippen LogP contribution in [-0.2, 0) is 19.1 Å². The number of carbonyl (C=O) groups excluding carboxylic acids is 2. The van der Waals surface area contributed by atoms with Gasteiger partial charge in [0, 0.05) is 12.8 Å². The molecule has 0 spiro atoms. The van der Waals surface area contributed by atoms with Crippen molar-refractivity contribution >= 4 is 11.9 Å². The lowest BCUT2D eigenvalue weighted by Crippen LogP contribution is -2.28. The lowest BCUT2D eigenvalue weighted by Gasteiger charge is -2.15. The van der Waals surface area contributed by atoms with E-state index < -0.39 is 6.10 Å². The molecule has 45 heavy (non-hydrogen) atoms. The zero-order valence-corrected chi connectivity index (χ0v) is 29.6. The van der Waals surface area contributed by atoms with Crippen LogP contribution < -0.4 is 0 Å². The predicted molar refractivity (Wildman–Crippen MR) is 191 cm³/mol. The number of hydrogen-bond donors (Lipinski definition) is 1. The van der Waals surface area contributed by atoms with Gasteiger partial charge in [-0.15, -0.1) is 0 Å². The van der Waals surface area contributed by atoms with E-state index in [1.165, 1.54) is 109 Å². The van der Waals surface area contributed by atoms with Gasteiger partial charge < -0.3 is 14.6 Å². The fourth-order valence-electron chi connectivity index (χ4n) is 5.21. The first-order valence-corrected chi connectivity index (χ1v) is 19.0. The molecule has 0 unspecified atom stereocenters. The molecule has 0 rings (SSSR count). The van der Waals surface area contributed by atoms with Gasteiger partial charge >= 0.3 is 11.9 Å². The summed E-state index contributed by atoms with van der Waals surface area (Å²) >= 11 is 0. The molecule has 0 aromatic carbocycles. The molecule has 0 aliphatic heterocycles. The van der Waals surface area contributed by atoms with Gasteiger partial charge in [0.2, 0.25) is 0 Å². The summed E-state index contributed by atoms with van der Waals surface area (Å²) in [5.41, 5.74) is 0. The predicted octanol–water partition coefficient (Wildman–Crippen LogP) is 11.7. The zero-order chi connectivity index (χ0) is 32.9. The summed E-state index contributed by atoms with van der Waals surface area (Å²) in [6.45, 7) is 4.07. The number of allylic oxidation sites excluding steroid dienone is 6. The summed E-state index contributed by atoms with van der Waals surface area (Å²) in [5, 5.41) is 9.54. The molecule has 0 bridgehead atoms. The van der Waals surface area contributed by atoms with Crippen LogP contribution in [0.4, 0.5) is 0 Å². The molecule has 5 nitrogen and oxygen atoms in total. The lowest BCUT2D eigenvalue weighted by atomic mass is 10.1. The molecule has 0 aromatic rings. The Morgan fingerprint density at radius 1 is 0.511 bits per heavy atom. The van der Waals surface area contributed by atoms with Crippen molar-refractivity contribution in [2.45, 2.75) is 193 Å². The SMILES string of the molecule is CCCC/C=C/C/C=C/CCCCCCCC(=O)OC[C@H](CO)OC(=O)CCCCCCCCC/C=C/CCCCCCCC. The van der Waals surface area contributed by atoms with Gasteiger partial charge in [0.05, 0.1) is 6.61 Å². The lowest BCUT2D eigenvalue weighted by molar-refractivity contribution is -0.161. The number of ether oxygens (including phenoxy) is 2. The van der Waals surface area contributed by atoms with E-state index in [-0.39, 0.29) is 25.2 Å². The van der Waals surface area contributed by atoms with Gasteiger partial charge in [-0.3, -0.25) is 9.59 Å². The van der Waals surface area contributed by atoms with Gasteiger partial charge in [-0.05, 0) is 64.2 Å². The Balaban J connectivity index is 3.58. The second-order valence-electron chi connectivity index (χ2n) is 12.6. The third-order valence-corrected chi connectivity index (χ3v) is 8.16. The Hall–Kier alpha value is -1.88. The van der Waals surface area contributed by atoms with E-state index in [9.17, 15) is 14.7 Å². The van der Waals surface area contributed by atoms with E-state index in [2.05, 4.69) is 50.3 Å². The average molecular weight is 633 g/mol. The Labute approximate surface area is 278 Å². The van der Waals surface area contributed by atoms with E-state index in [1.54, 1.807) is 0 Å². The summed E-state index contributed by atoms with van der Waals surface area (Å²) in [6, 6.07) is 0. The number of carbonyl (C=O) groups is 2. The first kappa shape index (κ1) is 43.1. The molecule has 0 radical (unpaired) electrons. The molecule has 1 N–H and O–H groups in total. The van der Waals surface area contributed by atoms with E-state index in [0.29, 0.717) is 12.8 Å². The minimum Gasteiger partial charge on any atom is -0.462 e. The number of hydrogen-bond acceptors (Lipinski definition) is 5. The molecule has 0 heterocycles. The second-order valence-corrected chi connectivity index (χ2v) is 12.6. The summed E-state index contributed by atoms with van der Waals surface area (Å²) in [5.74, 6) is -0.611. The van der Waals surface area contributed by atoms with Crippen molar-refractivity contribution in [3.63, 3.8) is 0 Å². The third kappa shape index (κ3) is 34.8. The number of aliphatic hydroxyl groups excluding tert-OH is 1. The van der Waals surface area contributed by atoms with Crippen molar-refractivity contribution in [2.24, 2.45) is 0 Å². The van der Waals surface area contributed by atoms with E-state index in [4.69, 9.17) is 9.47 Å². The van der Waals surface area contributed by atoms with Gasteiger partial charge in [-0.1, -0.05) is 147 Å². The van der Waals surface area contributed by atoms with Crippen LogP contribution in [0.1, 0.15) is 187 Å². The zero-order valence-electron chi connectivity index (χ0n) is 29.6. The number of rotatable bonds is 34. The van der Waals surface area contributed by atoms with Gasteiger partial charge in [-0.25, -0.2) is 0 Å². The number of unbranched alkanes of at least 4 members (excludes halogenated alkanes) is 20. The second kappa shape index (κ2) is 36.6. The molecule has 0 amide bonds. The first-order valence-electron chi connectivity index (χ1n) is 19.0. The maximum Gasteiger partial charge on any atom is 0.306 e. The Bertz CT molecular complexity index is 726. The molecule has 0 aliphatic rings. The monoisotopic (exact) mass is 633 g/mol. The van der Waals surface area contributed by atoms with E-state index in [0.717, 1.165) is 51.4 Å². The molecule has 0 saturated heterocycles. The maximum atomic E-state index is 12.1. The van der Waals surface area contributed by atoms with Crippen molar-refractivity contribution in [2.75, 3.05) is 13.2 Å². The van der Waals surface area contributed by atoms with E-state index >= 15 is 0 Å². The first-order chi connectivity index (χ1) is 22.1. The van der Waals surface area contributed by atoms with Crippen LogP contribution in [0.2, 0.25) is 0 Å². The molecule has 0 aromatic heterocycles. The largest absolute Gasteiger partial charge is 0.462 e. The normalized spacial score (nSPS) is 12.5. The quantitative estimate of drug-likeness (QED) is 0.0434. The molecule has 0 fully saturated rings.